The van der Waals surface area contributed by atoms with E-state index in [1.807, 2.05) is 0 Å². The molecule has 4 N–H and O–H groups in total. The van der Waals surface area contributed by atoms with Crippen LogP contribution >= 0.6 is 0 Å². The van der Waals surface area contributed by atoms with E-state index in [0.29, 0.717) is 17.9 Å². The molecule has 23 heavy (non-hydrogen) atoms. The fourth-order valence-electron chi connectivity index (χ4n) is 1.93. The lowest BCUT2D eigenvalue weighted by molar-refractivity contribution is -0.135. The monoisotopic (exact) mass is 330 g/mol. The molecule has 1 aliphatic rings. The number of fused-ring (bicyclic) bond motifs is 1. The molecule has 0 radical (unpaired) electrons. The predicted octanol–water partition coefficient (Wildman–Crippen LogP) is 0.836. The van der Waals surface area contributed by atoms with Gasteiger partial charge in [0.1, 0.15) is 6.10 Å². The van der Waals surface area contributed by atoms with Crippen molar-refractivity contribution in [2.75, 3.05) is 14.2 Å². The molecule has 130 valence electrons. The van der Waals surface area contributed by atoms with Gasteiger partial charge < -0.3 is 29.9 Å². The van der Waals surface area contributed by atoms with E-state index in [2.05, 4.69) is 0 Å². The minimum Gasteiger partial charge on any atom is -0.493 e. The fourth-order valence-corrected chi connectivity index (χ4v) is 1.93. The van der Waals surface area contributed by atoms with Crippen molar-refractivity contribution in [2.45, 2.75) is 32.5 Å². The molecule has 0 spiro atoms. The van der Waals surface area contributed by atoms with Gasteiger partial charge in [-0.2, -0.15) is 0 Å². The summed E-state index contributed by atoms with van der Waals surface area (Å²) < 4.78 is 10.3. The Kier molecular flexibility index (Phi) is 8.67. The molecule has 8 heteroatoms. The van der Waals surface area contributed by atoms with E-state index in [4.69, 9.17) is 29.3 Å². The molecule has 0 amide bonds. The average molecular weight is 330 g/mol. The summed E-state index contributed by atoms with van der Waals surface area (Å²) in [7, 11) is 3.11. The van der Waals surface area contributed by atoms with Crippen molar-refractivity contribution in [3.8, 4) is 11.5 Å². The first-order valence-corrected chi connectivity index (χ1v) is 6.64. The first-order valence-electron chi connectivity index (χ1n) is 6.64. The Morgan fingerprint density at radius 2 is 1.39 bits per heavy atom. The molecule has 2 rings (SSSR count). The number of methoxy groups -OCH3 is 2. The molecule has 2 unspecified atom stereocenters. The molecule has 1 aromatic rings. The van der Waals surface area contributed by atoms with Crippen LogP contribution in [0.1, 0.15) is 31.1 Å². The third-order valence-corrected chi connectivity index (χ3v) is 2.76. The van der Waals surface area contributed by atoms with E-state index in [1.165, 1.54) is 0 Å². The summed E-state index contributed by atoms with van der Waals surface area (Å²) in [4.78, 5) is 18.0. The van der Waals surface area contributed by atoms with Crippen LogP contribution in [-0.2, 0) is 16.0 Å². The average Bonchev–Trinajstić information content (AvgIpc) is 2.71. The first kappa shape index (κ1) is 20.7. The second-order valence-electron chi connectivity index (χ2n) is 4.66. The van der Waals surface area contributed by atoms with Gasteiger partial charge in [-0.25, -0.2) is 0 Å². The zero-order chi connectivity index (χ0) is 18.2. The van der Waals surface area contributed by atoms with Gasteiger partial charge in [0.25, 0.3) is 11.9 Å². The number of carboxylic acid groups (broad SMARTS) is 2. The molecule has 0 heterocycles. The summed E-state index contributed by atoms with van der Waals surface area (Å²) in [5.74, 6) is -0.470. The van der Waals surface area contributed by atoms with E-state index >= 15 is 0 Å². The van der Waals surface area contributed by atoms with Crippen molar-refractivity contribution in [3.05, 3.63) is 23.3 Å². The Morgan fingerprint density at radius 1 is 1.00 bits per heavy atom. The van der Waals surface area contributed by atoms with Crippen LogP contribution in [0.2, 0.25) is 0 Å². The predicted molar refractivity (Wildman–Crippen MR) is 80.8 cm³/mol. The molecule has 0 aliphatic heterocycles. The number of benzene rings is 1. The molecule has 0 saturated heterocycles. The maximum Gasteiger partial charge on any atom is 0.300 e. The number of carbonyl (C=O) groups is 2. The number of aliphatic hydroxyl groups excluding tert-OH is 2. The molecular weight excluding hydrogens is 308 g/mol. The van der Waals surface area contributed by atoms with Gasteiger partial charge in [-0.3, -0.25) is 9.59 Å². The maximum absolute atomic E-state index is 9.69. The Hall–Kier alpha value is -2.32. The molecular formula is C15H22O8. The van der Waals surface area contributed by atoms with E-state index in [-0.39, 0.29) is 0 Å². The number of aliphatic hydroxyl groups is 2. The van der Waals surface area contributed by atoms with Gasteiger partial charge in [-0.1, -0.05) is 0 Å². The van der Waals surface area contributed by atoms with Gasteiger partial charge in [0.2, 0.25) is 0 Å². The van der Waals surface area contributed by atoms with Crippen LogP contribution in [0.3, 0.4) is 0 Å². The van der Waals surface area contributed by atoms with Crippen LogP contribution in [0.25, 0.3) is 0 Å². The van der Waals surface area contributed by atoms with Gasteiger partial charge in [-0.15, -0.1) is 0 Å². The summed E-state index contributed by atoms with van der Waals surface area (Å²) in [6, 6.07) is 3.52. The summed E-state index contributed by atoms with van der Waals surface area (Å²) in [5.41, 5.74) is 1.63. The number of carboxylic acids is 2. The van der Waals surface area contributed by atoms with Crippen LogP contribution < -0.4 is 9.47 Å². The summed E-state index contributed by atoms with van der Waals surface area (Å²) >= 11 is 0. The Bertz CT molecular complexity index is 521. The third kappa shape index (κ3) is 6.98. The highest BCUT2D eigenvalue weighted by Crippen LogP contribution is 2.39. The molecule has 0 aromatic heterocycles. The van der Waals surface area contributed by atoms with Crippen molar-refractivity contribution < 1.29 is 39.5 Å². The van der Waals surface area contributed by atoms with Gasteiger partial charge in [0.05, 0.1) is 20.3 Å². The molecule has 8 nitrogen and oxygen atoms in total. The minimum absolute atomic E-state index is 0.455. The highest BCUT2D eigenvalue weighted by atomic mass is 16.5. The van der Waals surface area contributed by atoms with Gasteiger partial charge in [-0.05, 0) is 23.3 Å². The molecule has 0 saturated carbocycles. The molecule has 0 bridgehead atoms. The summed E-state index contributed by atoms with van der Waals surface area (Å²) in [6.45, 7) is 2.17. The van der Waals surface area contributed by atoms with Crippen molar-refractivity contribution in [3.63, 3.8) is 0 Å². The Morgan fingerprint density at radius 3 is 1.78 bits per heavy atom. The van der Waals surface area contributed by atoms with E-state index in [0.717, 1.165) is 25.0 Å². The van der Waals surface area contributed by atoms with E-state index in [1.54, 1.807) is 26.4 Å². The topological polar surface area (TPSA) is 134 Å². The van der Waals surface area contributed by atoms with Crippen LogP contribution in [0, 0.1) is 0 Å². The molecule has 2 atom stereocenters. The zero-order valence-electron chi connectivity index (χ0n) is 13.4. The Balaban J connectivity index is 0.000000509. The summed E-state index contributed by atoms with van der Waals surface area (Å²) in [6.07, 6.45) is -1.09. The minimum atomic E-state index is -0.833. The smallest absolute Gasteiger partial charge is 0.300 e. The van der Waals surface area contributed by atoms with Crippen LogP contribution in [-0.4, -0.2) is 52.7 Å². The highest BCUT2D eigenvalue weighted by Gasteiger charge is 2.30. The second kappa shape index (κ2) is 9.65. The van der Waals surface area contributed by atoms with Gasteiger partial charge in [0, 0.05) is 20.3 Å². The SMILES string of the molecule is CC(=O)O.CC(=O)O.COc1cc2c(cc1OC)C(O)C(O)C2. The molecule has 1 aromatic carbocycles. The largest absolute Gasteiger partial charge is 0.493 e. The van der Waals surface area contributed by atoms with Crippen molar-refractivity contribution in [1.82, 2.24) is 0 Å². The normalized spacial score (nSPS) is 17.7. The van der Waals surface area contributed by atoms with E-state index in [9.17, 15) is 10.2 Å². The van der Waals surface area contributed by atoms with Gasteiger partial charge >= 0.3 is 0 Å². The summed E-state index contributed by atoms with van der Waals surface area (Å²) in [5, 5.41) is 34.0. The number of hydrogen-bond acceptors (Lipinski definition) is 6. The third-order valence-electron chi connectivity index (χ3n) is 2.76. The standard InChI is InChI=1S/C11H14O4.2C2H4O2/c1-14-9-4-6-3-8(12)11(13)7(6)5-10(9)15-2;2*1-2(3)4/h4-5,8,11-13H,3H2,1-2H3;2*1H3,(H,3,4). The Labute approximate surface area is 133 Å². The molecule has 0 fully saturated rings. The lowest BCUT2D eigenvalue weighted by Crippen LogP contribution is -2.11. The van der Waals surface area contributed by atoms with Crippen LogP contribution in [0.5, 0.6) is 11.5 Å². The quantitative estimate of drug-likeness (QED) is 0.627. The van der Waals surface area contributed by atoms with Crippen LogP contribution in [0.4, 0.5) is 0 Å². The number of ether oxygens (including phenoxy) is 2. The van der Waals surface area contributed by atoms with Crippen LogP contribution in [0.15, 0.2) is 12.1 Å². The second-order valence-corrected chi connectivity index (χ2v) is 4.66. The molecule has 1 aliphatic carbocycles. The number of rotatable bonds is 2. The number of hydrogen-bond donors (Lipinski definition) is 4. The lowest BCUT2D eigenvalue weighted by atomic mass is 10.1. The highest BCUT2D eigenvalue weighted by molar-refractivity contribution is 5.63. The van der Waals surface area contributed by atoms with Crippen molar-refractivity contribution in [2.24, 2.45) is 0 Å². The maximum atomic E-state index is 9.69. The lowest BCUT2D eigenvalue weighted by Gasteiger charge is -2.11. The fraction of sp³-hybridized carbons (Fsp3) is 0.467. The number of aliphatic carboxylic acids is 2. The van der Waals surface area contributed by atoms with Crippen molar-refractivity contribution >= 4 is 11.9 Å². The zero-order valence-corrected chi connectivity index (χ0v) is 13.4. The first-order chi connectivity index (χ1) is 10.6. The van der Waals surface area contributed by atoms with E-state index < -0.39 is 24.1 Å². The van der Waals surface area contributed by atoms with Gasteiger partial charge in [0.15, 0.2) is 11.5 Å². The van der Waals surface area contributed by atoms with Crippen molar-refractivity contribution in [1.29, 1.82) is 0 Å².